The molecule has 0 unspecified atom stereocenters. The molecule has 0 aliphatic rings. The molecule has 1 N–H and O–H groups in total. The molecule has 0 atom stereocenters. The van der Waals surface area contributed by atoms with Crippen molar-refractivity contribution in [2.75, 3.05) is 0 Å². The molecule has 2 aromatic heterocycles. The quantitative estimate of drug-likeness (QED) is 0.646. The normalized spacial score (nSPS) is 10.7. The summed E-state index contributed by atoms with van der Waals surface area (Å²) in [5.41, 5.74) is 1.83. The van der Waals surface area contributed by atoms with E-state index < -0.39 is 0 Å². The summed E-state index contributed by atoms with van der Waals surface area (Å²) in [6, 6.07) is 11.8. The molecule has 0 aliphatic heterocycles. The van der Waals surface area contributed by atoms with Gasteiger partial charge in [0, 0.05) is 17.1 Å². The van der Waals surface area contributed by atoms with Gasteiger partial charge in [-0.25, -0.2) is 9.97 Å². The van der Waals surface area contributed by atoms with Gasteiger partial charge in [-0.05, 0) is 6.07 Å². The largest absolute Gasteiger partial charge is 0.346 e. The van der Waals surface area contributed by atoms with Crippen LogP contribution >= 0.6 is 0 Å². The molecule has 3 heteroatoms. The summed E-state index contributed by atoms with van der Waals surface area (Å²) in [5, 5.41) is 0.912. The Labute approximate surface area is 86.8 Å². The Morgan fingerprint density at radius 2 is 1.93 bits per heavy atom. The average Bonchev–Trinajstić information content (AvgIpc) is 2.77. The van der Waals surface area contributed by atoms with Gasteiger partial charge in [0.1, 0.15) is 11.8 Å². The fourth-order valence-electron chi connectivity index (χ4n) is 1.50. The molecule has 0 spiro atoms. The topological polar surface area (TPSA) is 41.6 Å². The van der Waals surface area contributed by atoms with E-state index in [1.807, 2.05) is 42.6 Å². The van der Waals surface area contributed by atoms with Crippen molar-refractivity contribution in [3.8, 4) is 11.4 Å². The minimum absolute atomic E-state index is 0.700. The molecule has 3 aromatic rings. The van der Waals surface area contributed by atoms with Gasteiger partial charge in [-0.2, -0.15) is 0 Å². The maximum Gasteiger partial charge on any atom is 0.162 e. The molecule has 0 aliphatic carbocycles. The van der Waals surface area contributed by atoms with Crippen LogP contribution < -0.4 is 0 Å². The van der Waals surface area contributed by atoms with Crippen molar-refractivity contribution in [3.05, 3.63) is 48.8 Å². The Balaban J connectivity index is 2.19. The van der Waals surface area contributed by atoms with Crippen LogP contribution in [0.15, 0.2) is 42.6 Å². The fraction of sp³-hybridized carbons (Fsp3) is 0. The summed E-state index contributed by atoms with van der Waals surface area (Å²) in [5.74, 6) is 0.700. The minimum Gasteiger partial charge on any atom is -0.346 e. The van der Waals surface area contributed by atoms with Gasteiger partial charge in [0.2, 0.25) is 0 Å². The smallest absolute Gasteiger partial charge is 0.162 e. The number of benzene rings is 1. The lowest BCUT2D eigenvalue weighted by Crippen LogP contribution is -1.88. The van der Waals surface area contributed by atoms with Crippen LogP contribution in [0.3, 0.4) is 0 Å². The van der Waals surface area contributed by atoms with Gasteiger partial charge < -0.3 is 4.98 Å². The van der Waals surface area contributed by atoms with Crippen LogP contribution in [-0.4, -0.2) is 15.0 Å². The van der Waals surface area contributed by atoms with Crippen molar-refractivity contribution in [1.82, 2.24) is 15.0 Å². The predicted octanol–water partition coefficient (Wildman–Crippen LogP) is 2.43. The van der Waals surface area contributed by atoms with Gasteiger partial charge in [-0.3, -0.25) is 0 Å². The number of nitrogens with zero attached hydrogens (tertiary/aromatic N) is 2. The van der Waals surface area contributed by atoms with Gasteiger partial charge in [0.05, 0.1) is 0 Å². The van der Waals surface area contributed by atoms with Crippen LogP contribution in [0.5, 0.6) is 0 Å². The second-order valence-corrected chi connectivity index (χ2v) is 3.26. The third-order valence-corrected chi connectivity index (χ3v) is 2.26. The molecule has 71 valence electrons. The van der Waals surface area contributed by atoms with Crippen LogP contribution in [0.1, 0.15) is 0 Å². The molecule has 0 bridgehead atoms. The Morgan fingerprint density at radius 3 is 2.80 bits per heavy atom. The third kappa shape index (κ3) is 1.38. The Kier molecular flexibility index (Phi) is 1.75. The summed E-state index contributed by atoms with van der Waals surface area (Å²) in [4.78, 5) is 11.6. The Bertz CT molecular complexity index is 584. The molecular weight excluding hydrogens is 186 g/mol. The minimum atomic E-state index is 0.700. The maximum atomic E-state index is 4.41. The van der Waals surface area contributed by atoms with Crippen molar-refractivity contribution in [1.29, 1.82) is 0 Å². The summed E-state index contributed by atoms with van der Waals surface area (Å²) in [6.07, 6.45) is 4.79. The first kappa shape index (κ1) is 8.17. The molecule has 0 saturated heterocycles. The van der Waals surface area contributed by atoms with Crippen molar-refractivity contribution in [2.24, 2.45) is 0 Å². The number of hydrogen-bond acceptors (Lipinski definition) is 2. The van der Waals surface area contributed by atoms with E-state index in [2.05, 4.69) is 21.1 Å². The van der Waals surface area contributed by atoms with Crippen molar-refractivity contribution in [2.45, 2.75) is 0 Å². The standard InChI is InChI=1S/C12H8N3/c1-2-4-9(5-3-1)11-14-8-10-6-7-13-12(10)15-11/h1-7H,(H,13,14,15). The van der Waals surface area contributed by atoms with E-state index in [1.54, 1.807) is 0 Å². The molecule has 1 radical (unpaired) electrons. The number of H-pyrrole nitrogens is 1. The van der Waals surface area contributed by atoms with Crippen molar-refractivity contribution in [3.63, 3.8) is 0 Å². The zero-order valence-electron chi connectivity index (χ0n) is 7.94. The van der Waals surface area contributed by atoms with E-state index in [9.17, 15) is 0 Å². The third-order valence-electron chi connectivity index (χ3n) is 2.26. The monoisotopic (exact) mass is 194 g/mol. The Hall–Kier alpha value is -2.16. The zero-order chi connectivity index (χ0) is 10.1. The number of rotatable bonds is 1. The van der Waals surface area contributed by atoms with Gasteiger partial charge in [0.15, 0.2) is 5.82 Å². The molecule has 1 aromatic carbocycles. The lowest BCUT2D eigenvalue weighted by Gasteiger charge is -1.98. The molecular formula is C12H8N3. The lowest BCUT2D eigenvalue weighted by molar-refractivity contribution is 1.20. The molecule has 2 heterocycles. The van der Waals surface area contributed by atoms with E-state index in [0.29, 0.717) is 5.82 Å². The second kappa shape index (κ2) is 3.20. The SMILES string of the molecule is [c]1nc(-c2ccccc2)nc2[nH]ccc12. The van der Waals surface area contributed by atoms with Crippen LogP contribution in [0.4, 0.5) is 0 Å². The lowest BCUT2D eigenvalue weighted by atomic mass is 10.2. The van der Waals surface area contributed by atoms with Gasteiger partial charge in [-0.1, -0.05) is 30.3 Å². The average molecular weight is 194 g/mol. The highest BCUT2D eigenvalue weighted by Gasteiger charge is 2.02. The van der Waals surface area contributed by atoms with E-state index >= 15 is 0 Å². The summed E-state index contributed by atoms with van der Waals surface area (Å²) < 4.78 is 0. The number of hydrogen-bond donors (Lipinski definition) is 1. The first-order chi connectivity index (χ1) is 7.43. The molecule has 3 rings (SSSR count). The predicted molar refractivity (Wildman–Crippen MR) is 58.2 cm³/mol. The number of aromatic nitrogens is 3. The summed E-state index contributed by atoms with van der Waals surface area (Å²) >= 11 is 0. The van der Waals surface area contributed by atoms with Crippen LogP contribution in [0, 0.1) is 6.20 Å². The van der Waals surface area contributed by atoms with Crippen molar-refractivity contribution < 1.29 is 0 Å². The van der Waals surface area contributed by atoms with Gasteiger partial charge >= 0.3 is 0 Å². The van der Waals surface area contributed by atoms with E-state index in [-0.39, 0.29) is 0 Å². The number of fused-ring (bicyclic) bond motifs is 1. The highest BCUT2D eigenvalue weighted by atomic mass is 14.9. The van der Waals surface area contributed by atoms with Crippen LogP contribution in [-0.2, 0) is 0 Å². The van der Waals surface area contributed by atoms with E-state index in [0.717, 1.165) is 16.6 Å². The number of aromatic amines is 1. The van der Waals surface area contributed by atoms with Crippen molar-refractivity contribution >= 4 is 11.0 Å². The first-order valence-corrected chi connectivity index (χ1v) is 4.72. The molecule has 3 nitrogen and oxygen atoms in total. The van der Waals surface area contributed by atoms with Crippen LogP contribution in [0.25, 0.3) is 22.4 Å². The molecule has 0 amide bonds. The summed E-state index contributed by atoms with van der Waals surface area (Å²) in [7, 11) is 0. The van der Waals surface area contributed by atoms with Gasteiger partial charge in [-0.15, -0.1) is 0 Å². The maximum absolute atomic E-state index is 4.41. The van der Waals surface area contributed by atoms with E-state index in [4.69, 9.17) is 0 Å². The highest BCUT2D eigenvalue weighted by molar-refractivity contribution is 5.75. The number of nitrogens with one attached hydrogen (secondary N) is 1. The fourth-order valence-corrected chi connectivity index (χ4v) is 1.50. The molecule has 15 heavy (non-hydrogen) atoms. The zero-order valence-corrected chi connectivity index (χ0v) is 7.94. The Morgan fingerprint density at radius 1 is 1.07 bits per heavy atom. The van der Waals surface area contributed by atoms with Crippen LogP contribution in [0.2, 0.25) is 0 Å². The summed E-state index contributed by atoms with van der Waals surface area (Å²) in [6.45, 7) is 0. The van der Waals surface area contributed by atoms with E-state index in [1.165, 1.54) is 0 Å². The first-order valence-electron chi connectivity index (χ1n) is 4.72. The molecule has 0 saturated carbocycles. The molecule has 0 fully saturated rings. The second-order valence-electron chi connectivity index (χ2n) is 3.26. The highest BCUT2D eigenvalue weighted by Crippen LogP contribution is 2.16. The van der Waals surface area contributed by atoms with Gasteiger partial charge in [0.25, 0.3) is 0 Å².